The lowest BCUT2D eigenvalue weighted by atomic mass is 10.3. The number of carboxylic acids is 1. The number of β-amino-alcohol motifs (C(OH)–C–C–N with tert-alkyl or cyclic N) is 1. The summed E-state index contributed by atoms with van der Waals surface area (Å²) in [4.78, 5) is 42.7. The van der Waals surface area contributed by atoms with Gasteiger partial charge < -0.3 is 20.2 Å². The SMILES string of the molecule is C.Cc1cc2nc(Cl)nc(C(=O)N3CC[C@@H](O)C3)c2s1.Cc1cc2nc(Cl)nc(C(=O)O)c2s1.OC1CCCC1. The standard InChI is InChI=1S/C12H12ClN3O2S.C8H5ClN2O2S.C5H10O.CH4/c1-6-4-8-10(19-6)9(15-12(13)14-8)11(18)16-3-2-7(17)5-16;1-3-2-4-6(14-3)5(7(12)13)11-8(9)10-4;6-5-3-1-2-4-5;/h4,7,17H,2-3,5H2,1H3;2H,1H3,(H,12,13);5-6H,1-4H2;1H4/t7-;;;/m1.../s1. The van der Waals surface area contributed by atoms with Crippen molar-refractivity contribution in [2.45, 2.75) is 65.6 Å². The minimum atomic E-state index is -1.08. The average molecular weight is 629 g/mol. The van der Waals surface area contributed by atoms with Gasteiger partial charge in [-0.1, -0.05) is 20.3 Å². The van der Waals surface area contributed by atoms with Gasteiger partial charge in [0, 0.05) is 22.8 Å². The maximum Gasteiger partial charge on any atom is 0.356 e. The Morgan fingerprint density at radius 3 is 1.77 bits per heavy atom. The Morgan fingerprint density at radius 2 is 1.35 bits per heavy atom. The topological polar surface area (TPSA) is 150 Å². The summed E-state index contributed by atoms with van der Waals surface area (Å²) >= 11 is 14.3. The highest BCUT2D eigenvalue weighted by molar-refractivity contribution is 7.19. The molecule has 5 heterocycles. The maximum absolute atomic E-state index is 12.4. The summed E-state index contributed by atoms with van der Waals surface area (Å²) in [5.41, 5.74) is 1.59. The van der Waals surface area contributed by atoms with E-state index in [1.165, 1.54) is 35.5 Å². The molecule has 6 rings (SSSR count). The zero-order chi connectivity index (χ0) is 28.3. The molecular weight excluding hydrogens is 597 g/mol. The Kier molecular flexibility index (Phi) is 11.2. The largest absolute Gasteiger partial charge is 0.476 e. The number of likely N-dealkylation sites (tertiary alicyclic amines) is 1. The van der Waals surface area contributed by atoms with E-state index in [-0.39, 0.29) is 35.7 Å². The van der Waals surface area contributed by atoms with Crippen LogP contribution in [-0.4, -0.2) is 77.3 Å². The molecule has 216 valence electrons. The zero-order valence-corrected chi connectivity index (χ0v) is 24.4. The minimum absolute atomic E-state index is 0. The first kappa shape index (κ1) is 32.0. The Hall–Kier alpha value is -2.48. The van der Waals surface area contributed by atoms with Gasteiger partial charge in [-0.3, -0.25) is 4.79 Å². The smallest absolute Gasteiger partial charge is 0.356 e. The van der Waals surface area contributed by atoms with Crippen LogP contribution >= 0.6 is 45.9 Å². The average Bonchev–Trinajstić information content (AvgIpc) is 3.66. The molecule has 4 aromatic heterocycles. The van der Waals surface area contributed by atoms with Crippen LogP contribution in [0.25, 0.3) is 20.4 Å². The second kappa shape index (κ2) is 13.9. The number of carbonyl (C=O) groups excluding carboxylic acids is 1. The van der Waals surface area contributed by atoms with E-state index >= 15 is 0 Å². The van der Waals surface area contributed by atoms with Crippen LogP contribution in [0.15, 0.2) is 12.1 Å². The summed E-state index contributed by atoms with van der Waals surface area (Å²) in [5.74, 6) is -1.27. The first-order valence-corrected chi connectivity index (χ1v) is 14.7. The van der Waals surface area contributed by atoms with E-state index in [9.17, 15) is 14.7 Å². The molecule has 1 aliphatic carbocycles. The number of thiophene rings is 2. The molecule has 4 aromatic rings. The normalized spacial score (nSPS) is 16.8. The van der Waals surface area contributed by atoms with Gasteiger partial charge in [0.05, 0.1) is 32.6 Å². The molecule has 0 bridgehead atoms. The van der Waals surface area contributed by atoms with Crippen molar-refractivity contribution < 1.29 is 24.9 Å². The van der Waals surface area contributed by atoms with Gasteiger partial charge in [0.1, 0.15) is 0 Å². The molecule has 14 heteroatoms. The van der Waals surface area contributed by atoms with Crippen molar-refractivity contribution in [2.75, 3.05) is 13.1 Å². The van der Waals surface area contributed by atoms with E-state index in [4.69, 9.17) is 33.4 Å². The van der Waals surface area contributed by atoms with Gasteiger partial charge in [0.25, 0.3) is 5.91 Å². The Bertz CT molecular complexity index is 1510. The molecule has 1 atom stereocenters. The first-order chi connectivity index (χ1) is 18.5. The molecule has 1 amide bonds. The monoisotopic (exact) mass is 627 g/mol. The second-order valence-electron chi connectivity index (χ2n) is 9.26. The van der Waals surface area contributed by atoms with Crippen LogP contribution in [-0.2, 0) is 0 Å². The molecule has 40 heavy (non-hydrogen) atoms. The van der Waals surface area contributed by atoms with Crippen molar-refractivity contribution in [1.82, 2.24) is 24.8 Å². The lowest BCUT2D eigenvalue weighted by Crippen LogP contribution is -2.30. The lowest BCUT2D eigenvalue weighted by molar-refractivity contribution is 0.0692. The number of fused-ring (bicyclic) bond motifs is 2. The predicted molar refractivity (Wildman–Crippen MR) is 159 cm³/mol. The van der Waals surface area contributed by atoms with Crippen molar-refractivity contribution in [1.29, 1.82) is 0 Å². The Labute approximate surface area is 249 Å². The van der Waals surface area contributed by atoms with E-state index in [1.54, 1.807) is 11.0 Å². The number of rotatable bonds is 2. The summed E-state index contributed by atoms with van der Waals surface area (Å²) in [6.07, 6.45) is 4.77. The molecular formula is C26H31Cl2N5O5S2. The van der Waals surface area contributed by atoms with E-state index in [1.807, 2.05) is 19.9 Å². The number of nitrogens with zero attached hydrogens (tertiary/aromatic N) is 5. The molecule has 1 aliphatic heterocycles. The summed E-state index contributed by atoms with van der Waals surface area (Å²) in [7, 11) is 0. The van der Waals surface area contributed by atoms with E-state index < -0.39 is 12.1 Å². The van der Waals surface area contributed by atoms with Crippen LogP contribution in [0.1, 0.15) is 70.3 Å². The number of halogens is 2. The van der Waals surface area contributed by atoms with Crippen molar-refractivity contribution in [2.24, 2.45) is 0 Å². The number of hydrogen-bond acceptors (Lipinski definition) is 10. The van der Waals surface area contributed by atoms with Gasteiger partial charge in [0.2, 0.25) is 10.6 Å². The first-order valence-electron chi connectivity index (χ1n) is 12.3. The Balaban J connectivity index is 0.000000184. The van der Waals surface area contributed by atoms with Crippen molar-refractivity contribution in [3.63, 3.8) is 0 Å². The fourth-order valence-corrected chi connectivity index (χ4v) is 6.53. The maximum atomic E-state index is 12.4. The number of carboxylic acid groups (broad SMARTS) is 1. The van der Waals surface area contributed by atoms with E-state index in [0.717, 1.165) is 27.3 Å². The number of carbonyl (C=O) groups is 2. The third-order valence-electron chi connectivity index (χ3n) is 6.12. The molecule has 0 spiro atoms. The highest BCUT2D eigenvalue weighted by atomic mass is 35.5. The number of aryl methyl sites for hydroxylation is 2. The fraction of sp³-hybridized carbons (Fsp3) is 0.462. The van der Waals surface area contributed by atoms with Crippen LogP contribution in [0, 0.1) is 13.8 Å². The highest BCUT2D eigenvalue weighted by Crippen LogP contribution is 2.29. The van der Waals surface area contributed by atoms with Crippen LogP contribution < -0.4 is 0 Å². The van der Waals surface area contributed by atoms with Gasteiger partial charge >= 0.3 is 5.97 Å². The quantitative estimate of drug-likeness (QED) is 0.235. The molecule has 0 aromatic carbocycles. The van der Waals surface area contributed by atoms with Crippen molar-refractivity contribution >= 4 is 78.2 Å². The summed E-state index contributed by atoms with van der Waals surface area (Å²) < 4.78 is 1.33. The molecule has 2 aliphatic rings. The molecule has 1 saturated heterocycles. The van der Waals surface area contributed by atoms with Crippen molar-refractivity contribution in [3.05, 3.63) is 43.8 Å². The van der Waals surface area contributed by atoms with E-state index in [0.29, 0.717) is 40.9 Å². The number of aromatic carboxylic acids is 1. The number of aromatic nitrogens is 4. The number of amides is 1. The van der Waals surface area contributed by atoms with Gasteiger partial charge in [-0.15, -0.1) is 22.7 Å². The third kappa shape index (κ3) is 7.83. The summed E-state index contributed by atoms with van der Waals surface area (Å²) in [6, 6.07) is 3.68. The summed E-state index contributed by atoms with van der Waals surface area (Å²) in [6.45, 7) is 4.74. The van der Waals surface area contributed by atoms with Crippen LogP contribution in [0.3, 0.4) is 0 Å². The highest BCUT2D eigenvalue weighted by Gasteiger charge is 2.28. The molecule has 3 N–H and O–H groups in total. The molecule has 2 fully saturated rings. The second-order valence-corrected chi connectivity index (χ2v) is 12.5. The van der Waals surface area contributed by atoms with Crippen molar-refractivity contribution in [3.8, 4) is 0 Å². The molecule has 10 nitrogen and oxygen atoms in total. The zero-order valence-electron chi connectivity index (χ0n) is 21.2. The van der Waals surface area contributed by atoms with Gasteiger partial charge in [-0.05, 0) is 68.4 Å². The minimum Gasteiger partial charge on any atom is -0.476 e. The van der Waals surface area contributed by atoms with Crippen LogP contribution in [0.4, 0.5) is 0 Å². The van der Waals surface area contributed by atoms with Gasteiger partial charge in [0.15, 0.2) is 11.4 Å². The molecule has 0 radical (unpaired) electrons. The third-order valence-corrected chi connectivity index (χ3v) is 8.55. The predicted octanol–water partition coefficient (Wildman–Crippen LogP) is 5.77. The fourth-order valence-electron chi connectivity index (χ4n) is 4.31. The number of aliphatic hydroxyl groups is 2. The Morgan fingerprint density at radius 1 is 0.850 bits per heavy atom. The van der Waals surface area contributed by atoms with Crippen LogP contribution in [0.5, 0.6) is 0 Å². The molecule has 0 unspecified atom stereocenters. The lowest BCUT2D eigenvalue weighted by Gasteiger charge is -2.15. The summed E-state index contributed by atoms with van der Waals surface area (Å²) in [5, 5.41) is 27.2. The number of hydrogen-bond donors (Lipinski definition) is 3. The van der Waals surface area contributed by atoms with Crippen LogP contribution in [0.2, 0.25) is 10.6 Å². The van der Waals surface area contributed by atoms with E-state index in [2.05, 4.69) is 19.9 Å². The number of aliphatic hydroxyl groups excluding tert-OH is 2. The van der Waals surface area contributed by atoms with Gasteiger partial charge in [-0.25, -0.2) is 24.7 Å². The molecule has 1 saturated carbocycles. The van der Waals surface area contributed by atoms with Gasteiger partial charge in [-0.2, -0.15) is 0 Å².